The zero-order valence-corrected chi connectivity index (χ0v) is 14.3. The zero-order chi connectivity index (χ0) is 18.7. The fraction of sp³-hybridized carbons (Fsp3) is 0.333. The molecule has 2 amide bonds. The second kappa shape index (κ2) is 7.38. The van der Waals surface area contributed by atoms with Crippen LogP contribution in [0, 0.1) is 23.0 Å². The largest absolute Gasteiger partial charge is 0.472 e. The summed E-state index contributed by atoms with van der Waals surface area (Å²) >= 11 is 0. The second-order valence-electron chi connectivity index (χ2n) is 6.32. The van der Waals surface area contributed by atoms with Gasteiger partial charge >= 0.3 is 0 Å². The maximum Gasteiger partial charge on any atom is 0.271 e. The van der Waals surface area contributed by atoms with Crippen molar-refractivity contribution in [1.29, 1.82) is 0 Å². The van der Waals surface area contributed by atoms with Crippen molar-refractivity contribution in [2.45, 2.75) is 19.8 Å². The van der Waals surface area contributed by atoms with Gasteiger partial charge in [0.15, 0.2) is 0 Å². The van der Waals surface area contributed by atoms with Gasteiger partial charge in [0.1, 0.15) is 6.26 Å². The number of nitrogens with zero attached hydrogens (tertiary/aromatic N) is 2. The van der Waals surface area contributed by atoms with Crippen LogP contribution in [-0.4, -0.2) is 34.7 Å². The van der Waals surface area contributed by atoms with E-state index in [1.54, 1.807) is 24.0 Å². The number of anilines is 1. The fourth-order valence-electron chi connectivity index (χ4n) is 3.01. The number of hydrogen-bond acceptors (Lipinski definition) is 5. The Balaban J connectivity index is 1.60. The number of nitro groups is 1. The van der Waals surface area contributed by atoms with Crippen LogP contribution in [0.1, 0.15) is 28.8 Å². The van der Waals surface area contributed by atoms with Crippen LogP contribution < -0.4 is 5.32 Å². The van der Waals surface area contributed by atoms with Crippen LogP contribution in [0.15, 0.2) is 41.2 Å². The first-order chi connectivity index (χ1) is 12.5. The van der Waals surface area contributed by atoms with Gasteiger partial charge in [0.05, 0.1) is 22.4 Å². The lowest BCUT2D eigenvalue weighted by Gasteiger charge is -2.31. The number of likely N-dealkylation sites (tertiary alicyclic amines) is 1. The number of amides is 2. The number of hydrogen-bond donors (Lipinski definition) is 1. The summed E-state index contributed by atoms with van der Waals surface area (Å²) in [5.41, 5.74) is 1.64. The molecule has 0 aliphatic carbocycles. The number of carbonyl (C=O) groups excluding carboxylic acids is 2. The van der Waals surface area contributed by atoms with Crippen molar-refractivity contribution in [3.05, 3.63) is 58.0 Å². The van der Waals surface area contributed by atoms with Crippen molar-refractivity contribution >= 4 is 23.2 Å². The quantitative estimate of drug-likeness (QED) is 0.669. The Morgan fingerprint density at radius 3 is 2.62 bits per heavy atom. The van der Waals surface area contributed by atoms with Crippen molar-refractivity contribution in [3.8, 4) is 0 Å². The Morgan fingerprint density at radius 1 is 1.27 bits per heavy atom. The number of non-ortho nitro benzene ring substituents is 1. The van der Waals surface area contributed by atoms with Crippen molar-refractivity contribution < 1.29 is 18.9 Å². The summed E-state index contributed by atoms with van der Waals surface area (Å²) in [5, 5.41) is 13.7. The Labute approximate surface area is 149 Å². The van der Waals surface area contributed by atoms with E-state index >= 15 is 0 Å². The van der Waals surface area contributed by atoms with E-state index < -0.39 is 4.92 Å². The van der Waals surface area contributed by atoms with Crippen LogP contribution in [0.2, 0.25) is 0 Å². The minimum Gasteiger partial charge on any atom is -0.472 e. The molecule has 1 fully saturated rings. The van der Waals surface area contributed by atoms with E-state index in [-0.39, 0.29) is 23.4 Å². The topological polar surface area (TPSA) is 106 Å². The Hall–Kier alpha value is -3.16. The zero-order valence-electron chi connectivity index (χ0n) is 14.3. The monoisotopic (exact) mass is 357 g/mol. The molecule has 1 N–H and O–H groups in total. The normalized spacial score (nSPS) is 14.9. The number of nitro benzene ring substituents is 1. The van der Waals surface area contributed by atoms with E-state index in [0.717, 1.165) is 5.56 Å². The van der Waals surface area contributed by atoms with Gasteiger partial charge < -0.3 is 14.6 Å². The van der Waals surface area contributed by atoms with E-state index in [1.165, 1.54) is 24.7 Å². The third-order valence-corrected chi connectivity index (χ3v) is 4.61. The lowest BCUT2D eigenvalue weighted by molar-refractivity contribution is -0.384. The fourth-order valence-corrected chi connectivity index (χ4v) is 3.01. The molecule has 0 saturated carbocycles. The summed E-state index contributed by atoms with van der Waals surface area (Å²) in [6.07, 6.45) is 3.95. The maximum absolute atomic E-state index is 12.5. The molecule has 8 nitrogen and oxygen atoms in total. The molecule has 136 valence electrons. The molecular weight excluding hydrogens is 338 g/mol. The molecule has 2 aromatic rings. The van der Waals surface area contributed by atoms with Gasteiger partial charge in [0, 0.05) is 31.1 Å². The summed E-state index contributed by atoms with van der Waals surface area (Å²) in [4.78, 5) is 36.9. The molecule has 1 aromatic carbocycles. The number of aryl methyl sites for hydroxylation is 1. The van der Waals surface area contributed by atoms with Crippen LogP contribution >= 0.6 is 0 Å². The lowest BCUT2D eigenvalue weighted by atomic mass is 9.95. The van der Waals surface area contributed by atoms with Crippen molar-refractivity contribution in [2.75, 3.05) is 18.4 Å². The number of rotatable bonds is 4. The highest BCUT2D eigenvalue weighted by Gasteiger charge is 2.28. The molecule has 3 rings (SSSR count). The minimum atomic E-state index is -0.491. The van der Waals surface area contributed by atoms with Crippen molar-refractivity contribution in [3.63, 3.8) is 0 Å². The first-order valence-electron chi connectivity index (χ1n) is 8.33. The third-order valence-electron chi connectivity index (χ3n) is 4.61. The van der Waals surface area contributed by atoms with Crippen molar-refractivity contribution in [2.24, 2.45) is 5.92 Å². The number of nitrogens with one attached hydrogen (secondary N) is 1. The lowest BCUT2D eigenvalue weighted by Crippen LogP contribution is -2.41. The minimum absolute atomic E-state index is 0.0635. The number of benzene rings is 1. The van der Waals surface area contributed by atoms with E-state index in [4.69, 9.17) is 4.42 Å². The Bertz CT molecular complexity index is 823. The molecule has 0 bridgehead atoms. The van der Waals surface area contributed by atoms with Gasteiger partial charge in [-0.3, -0.25) is 19.7 Å². The first kappa shape index (κ1) is 17.7. The molecule has 0 spiro atoms. The average molecular weight is 357 g/mol. The molecule has 2 heterocycles. The number of furan rings is 1. The van der Waals surface area contributed by atoms with Gasteiger partial charge in [0.25, 0.3) is 11.6 Å². The summed E-state index contributed by atoms with van der Waals surface area (Å²) in [6, 6.07) is 6.00. The van der Waals surface area contributed by atoms with E-state index in [9.17, 15) is 19.7 Å². The van der Waals surface area contributed by atoms with E-state index in [0.29, 0.717) is 37.2 Å². The number of carbonyl (C=O) groups is 2. The summed E-state index contributed by atoms with van der Waals surface area (Å²) in [6.45, 7) is 2.75. The standard InChI is InChI=1S/C18H19N3O5/c1-12-2-3-15(21(24)25)10-16(12)19-17(22)13-4-7-20(8-5-13)18(23)14-6-9-26-11-14/h2-3,6,9-11,13H,4-5,7-8H2,1H3,(H,19,22). The molecule has 1 aliphatic rings. The second-order valence-corrected chi connectivity index (χ2v) is 6.32. The summed E-state index contributed by atoms with van der Waals surface area (Å²) in [7, 11) is 0. The van der Waals surface area contributed by atoms with Gasteiger partial charge in [-0.2, -0.15) is 0 Å². The molecule has 8 heteroatoms. The average Bonchev–Trinajstić information content (AvgIpc) is 3.17. The Morgan fingerprint density at radius 2 is 2.00 bits per heavy atom. The highest BCUT2D eigenvalue weighted by Crippen LogP contribution is 2.25. The van der Waals surface area contributed by atoms with Gasteiger partial charge in [-0.05, 0) is 31.4 Å². The molecular formula is C18H19N3O5. The van der Waals surface area contributed by atoms with Crippen LogP contribution in [0.3, 0.4) is 0 Å². The molecule has 0 radical (unpaired) electrons. The van der Waals surface area contributed by atoms with Crippen molar-refractivity contribution in [1.82, 2.24) is 4.90 Å². The van der Waals surface area contributed by atoms with Crippen LogP contribution in [0.4, 0.5) is 11.4 Å². The molecule has 1 aliphatic heterocycles. The predicted molar refractivity (Wildman–Crippen MR) is 93.8 cm³/mol. The van der Waals surface area contributed by atoms with Gasteiger partial charge in [-0.25, -0.2) is 0 Å². The maximum atomic E-state index is 12.5. The SMILES string of the molecule is Cc1ccc([N+](=O)[O-])cc1NC(=O)C1CCN(C(=O)c2ccoc2)CC1. The molecule has 0 atom stereocenters. The molecule has 1 saturated heterocycles. The van der Waals surface area contributed by atoms with Gasteiger partial charge in [-0.1, -0.05) is 6.07 Å². The molecule has 1 aromatic heterocycles. The molecule has 0 unspecified atom stereocenters. The van der Waals surface area contributed by atoms with E-state index in [2.05, 4.69) is 5.32 Å². The number of piperidine rings is 1. The smallest absolute Gasteiger partial charge is 0.271 e. The molecule has 26 heavy (non-hydrogen) atoms. The van der Waals surface area contributed by atoms with Crippen LogP contribution in [-0.2, 0) is 4.79 Å². The van der Waals surface area contributed by atoms with Crippen LogP contribution in [0.25, 0.3) is 0 Å². The highest BCUT2D eigenvalue weighted by molar-refractivity contribution is 5.95. The van der Waals surface area contributed by atoms with Gasteiger partial charge in [0.2, 0.25) is 5.91 Å². The highest BCUT2D eigenvalue weighted by atomic mass is 16.6. The third kappa shape index (κ3) is 3.74. The summed E-state index contributed by atoms with van der Waals surface area (Å²) < 4.78 is 4.93. The van der Waals surface area contributed by atoms with E-state index in [1.807, 2.05) is 0 Å². The Kier molecular flexibility index (Phi) is 5.01. The first-order valence-corrected chi connectivity index (χ1v) is 8.33. The summed E-state index contributed by atoms with van der Waals surface area (Å²) in [5.74, 6) is -0.516. The van der Waals surface area contributed by atoms with Crippen LogP contribution in [0.5, 0.6) is 0 Å². The van der Waals surface area contributed by atoms with Gasteiger partial charge in [-0.15, -0.1) is 0 Å². The predicted octanol–water partition coefficient (Wildman–Crippen LogP) is 2.99.